The van der Waals surface area contributed by atoms with Crippen LogP contribution in [0.25, 0.3) is 6.08 Å². The van der Waals surface area contributed by atoms with Crippen molar-refractivity contribution in [1.29, 1.82) is 0 Å². The third-order valence-electron chi connectivity index (χ3n) is 3.71. The number of hydrogen-bond acceptors (Lipinski definition) is 2. The van der Waals surface area contributed by atoms with Crippen molar-refractivity contribution >= 4 is 17.9 Å². The Morgan fingerprint density at radius 1 is 1.30 bits per heavy atom. The average Bonchev–Trinajstić information content (AvgIpc) is 2.54. The minimum atomic E-state index is -0.0359. The predicted molar refractivity (Wildman–Crippen MR) is 95.2 cm³/mol. The van der Waals surface area contributed by atoms with E-state index < -0.39 is 0 Å². The van der Waals surface area contributed by atoms with Gasteiger partial charge in [-0.2, -0.15) is 0 Å². The molecule has 4 nitrogen and oxygen atoms in total. The van der Waals surface area contributed by atoms with Gasteiger partial charge in [0.25, 0.3) is 5.91 Å². The lowest BCUT2D eigenvalue weighted by Crippen LogP contribution is -2.31. The molecule has 0 heterocycles. The van der Waals surface area contributed by atoms with Crippen LogP contribution >= 0.6 is 0 Å². The molecule has 0 radical (unpaired) electrons. The fourth-order valence-corrected chi connectivity index (χ4v) is 2.01. The summed E-state index contributed by atoms with van der Waals surface area (Å²) in [6.45, 7) is 4.04. The van der Waals surface area contributed by atoms with Gasteiger partial charge in [-0.05, 0) is 43.9 Å². The minimum Gasteiger partial charge on any atom is -0.350 e. The van der Waals surface area contributed by atoms with Gasteiger partial charge in [-0.1, -0.05) is 31.2 Å². The number of nitrogens with zero attached hydrogens (tertiary/aromatic N) is 1. The van der Waals surface area contributed by atoms with Gasteiger partial charge in [0.05, 0.1) is 0 Å². The summed E-state index contributed by atoms with van der Waals surface area (Å²) in [5.74, 6) is 0.119. The van der Waals surface area contributed by atoms with Crippen molar-refractivity contribution in [2.45, 2.75) is 45.6 Å². The van der Waals surface area contributed by atoms with Gasteiger partial charge in [-0.15, -0.1) is 0 Å². The molecule has 1 rings (SSSR count). The van der Waals surface area contributed by atoms with Crippen LogP contribution in [-0.2, 0) is 4.79 Å². The third-order valence-corrected chi connectivity index (χ3v) is 3.71. The fraction of sp³-hybridized carbons (Fsp3) is 0.474. The van der Waals surface area contributed by atoms with E-state index in [1.807, 2.05) is 44.2 Å². The summed E-state index contributed by atoms with van der Waals surface area (Å²) < 4.78 is 0. The smallest absolute Gasteiger partial charge is 0.251 e. The highest BCUT2D eigenvalue weighted by Crippen LogP contribution is 2.09. The van der Waals surface area contributed by atoms with Crippen LogP contribution in [0.4, 0.5) is 0 Å². The van der Waals surface area contributed by atoms with Crippen LogP contribution in [0.1, 0.15) is 55.5 Å². The van der Waals surface area contributed by atoms with Crippen molar-refractivity contribution in [1.82, 2.24) is 10.2 Å². The second kappa shape index (κ2) is 9.82. The SMILES string of the molecule is CCC(C)NC(=O)c1cccc(/C=C\CCCC(=O)N(C)C)c1. The van der Waals surface area contributed by atoms with Crippen molar-refractivity contribution in [3.05, 3.63) is 41.5 Å². The van der Waals surface area contributed by atoms with Gasteiger partial charge >= 0.3 is 0 Å². The van der Waals surface area contributed by atoms with Crippen LogP contribution in [0.5, 0.6) is 0 Å². The minimum absolute atomic E-state index is 0.0359. The Labute approximate surface area is 139 Å². The molecule has 4 heteroatoms. The van der Waals surface area contributed by atoms with Crippen molar-refractivity contribution in [3.8, 4) is 0 Å². The first-order valence-corrected chi connectivity index (χ1v) is 8.21. The van der Waals surface area contributed by atoms with E-state index in [2.05, 4.69) is 11.4 Å². The molecule has 0 aromatic heterocycles. The molecule has 1 aromatic carbocycles. The Bertz CT molecular complexity index is 550. The van der Waals surface area contributed by atoms with Gasteiger partial charge in [0.2, 0.25) is 5.91 Å². The van der Waals surface area contributed by atoms with Crippen molar-refractivity contribution < 1.29 is 9.59 Å². The molecule has 0 saturated carbocycles. The lowest BCUT2D eigenvalue weighted by molar-refractivity contribution is -0.128. The molecule has 0 bridgehead atoms. The molecule has 1 N–H and O–H groups in total. The Hall–Kier alpha value is -2.10. The number of benzene rings is 1. The number of unbranched alkanes of at least 4 members (excludes halogenated alkanes) is 1. The summed E-state index contributed by atoms with van der Waals surface area (Å²) in [6, 6.07) is 7.75. The predicted octanol–water partition coefficient (Wildman–Crippen LogP) is 3.49. The quantitative estimate of drug-likeness (QED) is 0.746. The molecule has 1 atom stereocenters. The molecule has 1 aromatic rings. The molecule has 1 unspecified atom stereocenters. The fourth-order valence-electron chi connectivity index (χ4n) is 2.01. The van der Waals surface area contributed by atoms with Crippen molar-refractivity contribution in [2.75, 3.05) is 14.1 Å². The second-order valence-corrected chi connectivity index (χ2v) is 5.99. The average molecular weight is 316 g/mol. The van der Waals surface area contributed by atoms with Gasteiger partial charge in [0, 0.05) is 32.1 Å². The number of amides is 2. The molecule has 0 spiro atoms. The highest BCUT2D eigenvalue weighted by atomic mass is 16.2. The summed E-state index contributed by atoms with van der Waals surface area (Å²) in [7, 11) is 3.54. The molecule has 0 aliphatic heterocycles. The van der Waals surface area contributed by atoms with Gasteiger partial charge in [-0.25, -0.2) is 0 Å². The zero-order valence-electron chi connectivity index (χ0n) is 14.6. The Morgan fingerprint density at radius 2 is 2.04 bits per heavy atom. The summed E-state index contributed by atoms with van der Waals surface area (Å²) in [5, 5.41) is 2.97. The number of rotatable bonds is 8. The lowest BCUT2D eigenvalue weighted by Gasteiger charge is -2.11. The van der Waals surface area contributed by atoms with Crippen molar-refractivity contribution in [2.24, 2.45) is 0 Å². The largest absolute Gasteiger partial charge is 0.350 e. The molecule has 0 aliphatic carbocycles. The van der Waals surface area contributed by atoms with E-state index in [0.29, 0.717) is 12.0 Å². The number of allylic oxidation sites excluding steroid dienone is 1. The monoisotopic (exact) mass is 316 g/mol. The first-order valence-electron chi connectivity index (χ1n) is 8.21. The number of carbonyl (C=O) groups excluding carboxylic acids is 2. The van der Waals surface area contributed by atoms with Crippen LogP contribution in [0.3, 0.4) is 0 Å². The first-order chi connectivity index (χ1) is 10.9. The normalized spacial score (nSPS) is 12.2. The van der Waals surface area contributed by atoms with Gasteiger partial charge < -0.3 is 10.2 Å². The van der Waals surface area contributed by atoms with Gasteiger partial charge in [0.15, 0.2) is 0 Å². The number of carbonyl (C=O) groups is 2. The van der Waals surface area contributed by atoms with Gasteiger partial charge in [0.1, 0.15) is 0 Å². The number of hydrogen-bond donors (Lipinski definition) is 1. The van der Waals surface area contributed by atoms with E-state index in [-0.39, 0.29) is 17.9 Å². The maximum Gasteiger partial charge on any atom is 0.251 e. The Kier molecular flexibility index (Phi) is 8.09. The standard InChI is InChI=1S/C19H28N2O2/c1-5-15(2)20-19(23)17-12-9-11-16(14-17)10-7-6-8-13-18(22)21(3)4/h7,9-12,14-15H,5-6,8,13H2,1-4H3,(H,20,23)/b10-7-. The lowest BCUT2D eigenvalue weighted by atomic mass is 10.1. The molecule has 23 heavy (non-hydrogen) atoms. The Morgan fingerprint density at radius 3 is 2.70 bits per heavy atom. The van der Waals surface area contributed by atoms with Crippen LogP contribution in [0, 0.1) is 0 Å². The molecule has 0 fully saturated rings. The second-order valence-electron chi connectivity index (χ2n) is 5.99. The zero-order valence-corrected chi connectivity index (χ0v) is 14.6. The van der Waals surface area contributed by atoms with E-state index >= 15 is 0 Å². The molecule has 0 aliphatic rings. The van der Waals surface area contributed by atoms with E-state index in [4.69, 9.17) is 0 Å². The van der Waals surface area contributed by atoms with E-state index in [1.54, 1.807) is 19.0 Å². The molecule has 2 amide bonds. The highest BCUT2D eigenvalue weighted by Gasteiger charge is 2.08. The van der Waals surface area contributed by atoms with Crippen LogP contribution < -0.4 is 5.32 Å². The highest BCUT2D eigenvalue weighted by molar-refractivity contribution is 5.94. The summed E-state index contributed by atoms with van der Waals surface area (Å²) in [6.07, 6.45) is 7.21. The summed E-state index contributed by atoms with van der Waals surface area (Å²) >= 11 is 0. The van der Waals surface area contributed by atoms with Crippen molar-refractivity contribution in [3.63, 3.8) is 0 Å². The maximum atomic E-state index is 12.1. The Balaban J connectivity index is 2.52. The van der Waals surface area contributed by atoms with Crippen LogP contribution in [0.15, 0.2) is 30.3 Å². The summed E-state index contributed by atoms with van der Waals surface area (Å²) in [4.78, 5) is 25.2. The number of nitrogens with one attached hydrogen (secondary N) is 1. The van der Waals surface area contributed by atoms with Gasteiger partial charge in [-0.3, -0.25) is 9.59 Å². The topological polar surface area (TPSA) is 49.4 Å². The maximum absolute atomic E-state index is 12.1. The molecular formula is C19H28N2O2. The van der Waals surface area contributed by atoms with E-state index in [1.165, 1.54) is 0 Å². The first kappa shape index (κ1) is 18.9. The summed E-state index contributed by atoms with van der Waals surface area (Å²) in [5.41, 5.74) is 1.68. The van der Waals surface area contributed by atoms with E-state index in [0.717, 1.165) is 24.8 Å². The van der Waals surface area contributed by atoms with Crippen LogP contribution in [0.2, 0.25) is 0 Å². The zero-order chi connectivity index (χ0) is 17.2. The molecule has 0 saturated heterocycles. The third kappa shape index (κ3) is 7.13. The molecule has 126 valence electrons. The van der Waals surface area contributed by atoms with Crippen LogP contribution in [-0.4, -0.2) is 36.9 Å². The van der Waals surface area contributed by atoms with E-state index in [9.17, 15) is 9.59 Å². The molecular weight excluding hydrogens is 288 g/mol.